The van der Waals surface area contributed by atoms with E-state index in [1.165, 1.54) is 0 Å². The first kappa shape index (κ1) is 18.7. The van der Waals surface area contributed by atoms with E-state index in [-0.39, 0.29) is 17.7 Å². The summed E-state index contributed by atoms with van der Waals surface area (Å²) in [5.74, 6) is 0.977. The third-order valence-corrected chi connectivity index (χ3v) is 5.43. The number of nitrogens with zero attached hydrogens (tertiary/aromatic N) is 1. The lowest BCUT2D eigenvalue weighted by atomic mass is 10.0. The Labute approximate surface area is 164 Å². The van der Waals surface area contributed by atoms with Crippen LogP contribution in [0.2, 0.25) is 0 Å². The van der Waals surface area contributed by atoms with Crippen molar-refractivity contribution in [2.24, 2.45) is 0 Å². The second-order valence-corrected chi connectivity index (χ2v) is 7.47. The van der Waals surface area contributed by atoms with Crippen molar-refractivity contribution >= 4 is 10.9 Å². The molecule has 2 unspecified atom stereocenters. The topological polar surface area (TPSA) is 89.0 Å². The van der Waals surface area contributed by atoms with Crippen LogP contribution in [-0.2, 0) is 0 Å². The lowest BCUT2D eigenvalue weighted by Gasteiger charge is -2.36. The zero-order valence-electron chi connectivity index (χ0n) is 15.7. The molecule has 0 spiro atoms. The Morgan fingerprint density at radius 1 is 1.11 bits per heavy atom. The summed E-state index contributed by atoms with van der Waals surface area (Å²) in [6, 6.07) is 14.4. The van der Waals surface area contributed by atoms with Crippen LogP contribution in [0.25, 0.3) is 10.9 Å². The van der Waals surface area contributed by atoms with Crippen LogP contribution in [-0.4, -0.2) is 50.9 Å². The molecule has 4 N–H and O–H groups in total. The summed E-state index contributed by atoms with van der Waals surface area (Å²) in [5, 5.41) is 30.9. The summed E-state index contributed by atoms with van der Waals surface area (Å²) >= 11 is 0. The van der Waals surface area contributed by atoms with Gasteiger partial charge in [-0.2, -0.15) is 0 Å². The molecule has 0 radical (unpaired) electrons. The number of phenols is 1. The SMILES string of the molecule is Oc1cccc(OCC2CCCCN2CC(O)c2ccc3[nH]c(O)cc3c2)c1. The average molecular weight is 382 g/mol. The van der Waals surface area contributed by atoms with Crippen molar-refractivity contribution in [1.82, 2.24) is 9.88 Å². The molecular formula is C22H26N2O4. The molecule has 1 saturated heterocycles. The fourth-order valence-electron chi connectivity index (χ4n) is 3.93. The number of likely N-dealkylation sites (tertiary alicyclic amines) is 1. The summed E-state index contributed by atoms with van der Waals surface area (Å²) in [6.45, 7) is 2.00. The maximum absolute atomic E-state index is 10.8. The Morgan fingerprint density at radius 3 is 2.86 bits per heavy atom. The summed E-state index contributed by atoms with van der Waals surface area (Å²) in [4.78, 5) is 5.17. The Kier molecular flexibility index (Phi) is 5.41. The van der Waals surface area contributed by atoms with Crippen LogP contribution in [0.1, 0.15) is 30.9 Å². The number of nitrogens with one attached hydrogen (secondary N) is 1. The van der Waals surface area contributed by atoms with Crippen molar-refractivity contribution in [2.75, 3.05) is 19.7 Å². The molecule has 2 aromatic carbocycles. The molecule has 0 saturated carbocycles. The van der Waals surface area contributed by atoms with Crippen molar-refractivity contribution in [2.45, 2.75) is 31.4 Å². The minimum Gasteiger partial charge on any atom is -0.508 e. The lowest BCUT2D eigenvalue weighted by molar-refractivity contribution is 0.0467. The van der Waals surface area contributed by atoms with Gasteiger partial charge in [0.15, 0.2) is 5.88 Å². The average Bonchev–Trinajstić information content (AvgIpc) is 3.06. The van der Waals surface area contributed by atoms with E-state index in [9.17, 15) is 15.3 Å². The number of H-pyrrole nitrogens is 1. The third-order valence-electron chi connectivity index (χ3n) is 5.43. The number of β-amino-alcohol motifs (C(OH)–C–C–N with tert-alkyl or cyclic N) is 1. The molecule has 0 amide bonds. The molecule has 148 valence electrons. The van der Waals surface area contributed by atoms with Gasteiger partial charge in [0.05, 0.1) is 6.10 Å². The van der Waals surface area contributed by atoms with Gasteiger partial charge in [0.2, 0.25) is 0 Å². The number of piperidine rings is 1. The van der Waals surface area contributed by atoms with E-state index in [0.29, 0.717) is 18.9 Å². The maximum Gasteiger partial charge on any atom is 0.189 e. The molecule has 28 heavy (non-hydrogen) atoms. The smallest absolute Gasteiger partial charge is 0.189 e. The van der Waals surface area contributed by atoms with E-state index in [1.54, 1.807) is 24.3 Å². The number of hydrogen-bond acceptors (Lipinski definition) is 5. The molecular weight excluding hydrogens is 356 g/mol. The summed E-state index contributed by atoms with van der Waals surface area (Å²) < 4.78 is 5.89. The van der Waals surface area contributed by atoms with Gasteiger partial charge in [0.1, 0.15) is 18.1 Å². The molecule has 0 bridgehead atoms. The zero-order chi connectivity index (χ0) is 19.5. The minimum absolute atomic E-state index is 0.127. The van der Waals surface area contributed by atoms with Crippen molar-refractivity contribution in [3.05, 3.63) is 54.1 Å². The number of hydrogen-bond donors (Lipinski definition) is 4. The summed E-state index contributed by atoms with van der Waals surface area (Å²) in [6.07, 6.45) is 2.67. The number of aliphatic hydroxyl groups excluding tert-OH is 1. The van der Waals surface area contributed by atoms with Crippen LogP contribution in [0.4, 0.5) is 0 Å². The molecule has 1 aliphatic heterocycles. The number of aromatic nitrogens is 1. The molecule has 1 fully saturated rings. The van der Waals surface area contributed by atoms with Crippen LogP contribution in [0.3, 0.4) is 0 Å². The molecule has 3 aromatic rings. The highest BCUT2D eigenvalue weighted by atomic mass is 16.5. The normalized spacial score (nSPS) is 19.0. The van der Waals surface area contributed by atoms with E-state index in [0.717, 1.165) is 42.3 Å². The molecule has 6 nitrogen and oxygen atoms in total. The van der Waals surface area contributed by atoms with E-state index in [4.69, 9.17) is 4.74 Å². The minimum atomic E-state index is -0.609. The predicted octanol–water partition coefficient (Wildman–Crippen LogP) is 3.55. The van der Waals surface area contributed by atoms with Gasteiger partial charge in [-0.3, -0.25) is 4.90 Å². The molecule has 2 heterocycles. The Bertz CT molecular complexity index is 939. The highest BCUT2D eigenvalue weighted by Gasteiger charge is 2.25. The van der Waals surface area contributed by atoms with Crippen LogP contribution in [0.15, 0.2) is 48.5 Å². The highest BCUT2D eigenvalue weighted by molar-refractivity contribution is 5.82. The van der Waals surface area contributed by atoms with E-state index in [1.807, 2.05) is 24.3 Å². The van der Waals surface area contributed by atoms with Crippen molar-refractivity contribution < 1.29 is 20.1 Å². The quantitative estimate of drug-likeness (QED) is 0.524. The first-order valence-electron chi connectivity index (χ1n) is 9.74. The van der Waals surface area contributed by atoms with Gasteiger partial charge in [-0.25, -0.2) is 0 Å². The van der Waals surface area contributed by atoms with Crippen molar-refractivity contribution in [1.29, 1.82) is 0 Å². The number of aromatic hydroxyl groups is 2. The van der Waals surface area contributed by atoms with E-state index in [2.05, 4.69) is 9.88 Å². The Hall–Kier alpha value is -2.70. The van der Waals surface area contributed by atoms with Gasteiger partial charge in [0.25, 0.3) is 0 Å². The number of phenolic OH excluding ortho intramolecular Hbond substituents is 1. The second-order valence-electron chi connectivity index (χ2n) is 7.47. The molecule has 6 heteroatoms. The van der Waals surface area contributed by atoms with Crippen LogP contribution in [0.5, 0.6) is 17.4 Å². The van der Waals surface area contributed by atoms with Gasteiger partial charge >= 0.3 is 0 Å². The van der Waals surface area contributed by atoms with Crippen molar-refractivity contribution in [3.8, 4) is 17.4 Å². The monoisotopic (exact) mass is 382 g/mol. The highest BCUT2D eigenvalue weighted by Crippen LogP contribution is 2.27. The van der Waals surface area contributed by atoms with Gasteiger partial charge < -0.3 is 25.0 Å². The number of benzene rings is 2. The standard InChI is InChI=1S/C22H26N2O4/c25-18-5-3-6-19(12-18)28-14-17-4-1-2-9-24(17)13-21(26)15-7-8-20-16(10-15)11-22(27)23-20/h3,5-8,10-12,17,21,23,25-27H,1-2,4,9,13-14H2. The van der Waals surface area contributed by atoms with Gasteiger partial charge in [-0.05, 0) is 49.2 Å². The van der Waals surface area contributed by atoms with Crippen LogP contribution < -0.4 is 4.74 Å². The van der Waals surface area contributed by atoms with Crippen molar-refractivity contribution in [3.63, 3.8) is 0 Å². The number of fused-ring (bicyclic) bond motifs is 1. The summed E-state index contributed by atoms with van der Waals surface area (Å²) in [5.41, 5.74) is 1.69. The van der Waals surface area contributed by atoms with E-state index >= 15 is 0 Å². The number of aliphatic hydroxyl groups is 1. The largest absolute Gasteiger partial charge is 0.508 e. The molecule has 1 aliphatic rings. The number of rotatable bonds is 6. The lowest BCUT2D eigenvalue weighted by Crippen LogP contribution is -2.45. The Balaban J connectivity index is 1.41. The fourth-order valence-corrected chi connectivity index (χ4v) is 3.93. The molecule has 4 rings (SSSR count). The second kappa shape index (κ2) is 8.12. The first-order chi connectivity index (χ1) is 13.6. The Morgan fingerprint density at radius 2 is 2.00 bits per heavy atom. The van der Waals surface area contributed by atoms with Gasteiger partial charge in [0, 0.05) is 35.6 Å². The van der Waals surface area contributed by atoms with E-state index < -0.39 is 6.10 Å². The van der Waals surface area contributed by atoms with Crippen LogP contribution >= 0.6 is 0 Å². The third kappa shape index (κ3) is 4.24. The molecule has 2 atom stereocenters. The number of ether oxygens (including phenoxy) is 1. The summed E-state index contributed by atoms with van der Waals surface area (Å²) in [7, 11) is 0. The van der Waals surface area contributed by atoms with Crippen LogP contribution in [0, 0.1) is 0 Å². The maximum atomic E-state index is 10.8. The zero-order valence-corrected chi connectivity index (χ0v) is 15.7. The molecule has 1 aromatic heterocycles. The predicted molar refractivity (Wildman–Crippen MR) is 108 cm³/mol. The van der Waals surface area contributed by atoms with Gasteiger partial charge in [-0.1, -0.05) is 18.6 Å². The first-order valence-corrected chi connectivity index (χ1v) is 9.74. The molecule has 0 aliphatic carbocycles. The fraction of sp³-hybridized carbons (Fsp3) is 0.364. The van der Waals surface area contributed by atoms with Gasteiger partial charge in [-0.15, -0.1) is 0 Å². The number of aromatic amines is 1.